The lowest BCUT2D eigenvalue weighted by molar-refractivity contribution is 0.215. The van der Waals surface area contributed by atoms with E-state index in [4.69, 9.17) is 19.0 Å². The lowest BCUT2D eigenvalue weighted by Crippen LogP contribution is -2.05. The highest BCUT2D eigenvalue weighted by Crippen LogP contribution is 2.28. The fourth-order valence-corrected chi connectivity index (χ4v) is 2.85. The molecule has 0 aliphatic heterocycles. The molecule has 29 heavy (non-hydrogen) atoms. The molecule has 0 aromatic heterocycles. The standard InChI is InChI=1S/C24H31NO4/c1-5-6-13-27-22-16-19(2)24(20(3)17-22)29-15-10-9-14-28-23-12-8-7-11-21(23)18-25-26-4/h5-8,11-12,16-18H,9-10,13-15H2,1-4H3/b6-5+,25-18+. The lowest BCUT2D eigenvalue weighted by atomic mass is 10.1. The number of hydrogen-bond acceptors (Lipinski definition) is 5. The highest BCUT2D eigenvalue weighted by atomic mass is 16.6. The van der Waals surface area contributed by atoms with Crippen LogP contribution >= 0.6 is 0 Å². The molecule has 0 aliphatic rings. The van der Waals surface area contributed by atoms with Crippen LogP contribution in [0.25, 0.3) is 0 Å². The van der Waals surface area contributed by atoms with Gasteiger partial charge in [-0.15, -0.1) is 0 Å². The van der Waals surface area contributed by atoms with Crippen LogP contribution in [0.15, 0.2) is 53.7 Å². The number of ether oxygens (including phenoxy) is 3. The van der Waals surface area contributed by atoms with Gasteiger partial charge in [-0.25, -0.2) is 0 Å². The van der Waals surface area contributed by atoms with E-state index in [2.05, 4.69) is 5.16 Å². The Morgan fingerprint density at radius 1 is 0.931 bits per heavy atom. The predicted molar refractivity (Wildman–Crippen MR) is 117 cm³/mol. The predicted octanol–water partition coefficient (Wildman–Crippen LogP) is 5.48. The van der Waals surface area contributed by atoms with Crippen molar-refractivity contribution in [3.63, 3.8) is 0 Å². The molecule has 0 saturated carbocycles. The van der Waals surface area contributed by atoms with Gasteiger partial charge < -0.3 is 19.0 Å². The summed E-state index contributed by atoms with van der Waals surface area (Å²) < 4.78 is 17.6. The summed E-state index contributed by atoms with van der Waals surface area (Å²) in [6.07, 6.45) is 7.42. The summed E-state index contributed by atoms with van der Waals surface area (Å²) in [4.78, 5) is 4.74. The van der Waals surface area contributed by atoms with Gasteiger partial charge in [0, 0.05) is 5.56 Å². The Labute approximate surface area is 173 Å². The molecule has 0 atom stereocenters. The van der Waals surface area contributed by atoms with Crippen LogP contribution in [0, 0.1) is 13.8 Å². The molecule has 2 aromatic carbocycles. The van der Waals surface area contributed by atoms with Crippen LogP contribution in [0.3, 0.4) is 0 Å². The first kappa shape index (κ1) is 22.3. The molecular formula is C24H31NO4. The summed E-state index contributed by atoms with van der Waals surface area (Å²) in [5.74, 6) is 2.61. The van der Waals surface area contributed by atoms with E-state index in [0.717, 1.165) is 46.8 Å². The summed E-state index contributed by atoms with van der Waals surface area (Å²) in [6, 6.07) is 11.8. The van der Waals surface area contributed by atoms with E-state index in [0.29, 0.717) is 19.8 Å². The van der Waals surface area contributed by atoms with E-state index in [1.54, 1.807) is 6.21 Å². The van der Waals surface area contributed by atoms with E-state index in [9.17, 15) is 0 Å². The maximum absolute atomic E-state index is 6.01. The molecule has 0 N–H and O–H groups in total. The molecule has 0 spiro atoms. The summed E-state index contributed by atoms with van der Waals surface area (Å²) in [5, 5.41) is 3.80. The number of oxime groups is 1. The van der Waals surface area contributed by atoms with Crippen LogP contribution in [0.5, 0.6) is 17.2 Å². The molecular weight excluding hydrogens is 366 g/mol. The van der Waals surface area contributed by atoms with Gasteiger partial charge in [-0.1, -0.05) is 29.4 Å². The average Bonchev–Trinajstić information content (AvgIpc) is 2.71. The topological polar surface area (TPSA) is 49.3 Å². The van der Waals surface area contributed by atoms with Gasteiger partial charge in [-0.05, 0) is 69.0 Å². The Hall–Kier alpha value is -2.95. The highest BCUT2D eigenvalue weighted by Gasteiger charge is 2.07. The molecule has 0 amide bonds. The second-order valence-corrected chi connectivity index (χ2v) is 6.63. The van der Waals surface area contributed by atoms with E-state index >= 15 is 0 Å². The van der Waals surface area contributed by atoms with Crippen LogP contribution in [-0.2, 0) is 4.84 Å². The van der Waals surface area contributed by atoms with Crippen molar-refractivity contribution in [3.8, 4) is 17.2 Å². The first-order valence-corrected chi connectivity index (χ1v) is 9.92. The van der Waals surface area contributed by atoms with Crippen LogP contribution in [0.1, 0.15) is 36.5 Å². The number of para-hydroxylation sites is 1. The maximum atomic E-state index is 6.01. The van der Waals surface area contributed by atoms with Crippen molar-refractivity contribution in [2.24, 2.45) is 5.16 Å². The number of aryl methyl sites for hydroxylation is 2. The van der Waals surface area contributed by atoms with Crippen molar-refractivity contribution >= 4 is 6.21 Å². The fourth-order valence-electron chi connectivity index (χ4n) is 2.85. The third-order valence-electron chi connectivity index (χ3n) is 4.27. The molecule has 5 heteroatoms. The number of hydrogen-bond donors (Lipinski definition) is 0. The smallest absolute Gasteiger partial charge is 0.128 e. The molecule has 0 bridgehead atoms. The zero-order chi connectivity index (χ0) is 20.9. The molecule has 0 unspecified atom stereocenters. The Morgan fingerprint density at radius 3 is 2.31 bits per heavy atom. The summed E-state index contributed by atoms with van der Waals surface area (Å²) in [6.45, 7) is 7.93. The minimum atomic E-state index is 0.579. The zero-order valence-corrected chi connectivity index (χ0v) is 17.8. The van der Waals surface area contributed by atoms with Gasteiger partial charge in [0.1, 0.15) is 31.0 Å². The van der Waals surface area contributed by atoms with Gasteiger partial charge >= 0.3 is 0 Å². The van der Waals surface area contributed by atoms with Crippen molar-refractivity contribution in [1.29, 1.82) is 0 Å². The van der Waals surface area contributed by atoms with Gasteiger partial charge in [-0.2, -0.15) is 0 Å². The number of nitrogens with zero attached hydrogens (tertiary/aromatic N) is 1. The number of rotatable bonds is 12. The van der Waals surface area contributed by atoms with Crippen molar-refractivity contribution in [2.45, 2.75) is 33.6 Å². The molecule has 5 nitrogen and oxygen atoms in total. The number of benzene rings is 2. The molecule has 0 heterocycles. The molecule has 0 saturated heterocycles. The monoisotopic (exact) mass is 397 g/mol. The van der Waals surface area contributed by atoms with Crippen LogP contribution in [0.2, 0.25) is 0 Å². The van der Waals surface area contributed by atoms with Crippen molar-refractivity contribution < 1.29 is 19.0 Å². The summed E-state index contributed by atoms with van der Waals surface area (Å²) >= 11 is 0. The first-order valence-electron chi connectivity index (χ1n) is 9.92. The Bertz CT molecular complexity index is 791. The fraction of sp³-hybridized carbons (Fsp3) is 0.375. The Balaban J connectivity index is 1.76. The second kappa shape index (κ2) is 12.5. The third-order valence-corrected chi connectivity index (χ3v) is 4.27. The Morgan fingerprint density at radius 2 is 1.62 bits per heavy atom. The average molecular weight is 398 g/mol. The molecule has 0 fully saturated rings. The SMILES string of the molecule is C/C=C/COc1cc(C)c(OCCCCOc2ccccc2/C=N/OC)c(C)c1. The van der Waals surface area contributed by atoms with Gasteiger partial charge in [0.25, 0.3) is 0 Å². The van der Waals surface area contributed by atoms with Crippen molar-refractivity contribution in [3.05, 3.63) is 65.2 Å². The first-order chi connectivity index (χ1) is 14.2. The van der Waals surface area contributed by atoms with E-state index in [1.807, 2.05) is 69.3 Å². The minimum absolute atomic E-state index is 0.579. The minimum Gasteiger partial charge on any atom is -0.493 e. The molecule has 0 aliphatic carbocycles. The molecule has 0 radical (unpaired) electrons. The largest absolute Gasteiger partial charge is 0.493 e. The third kappa shape index (κ3) is 7.53. The van der Waals surface area contributed by atoms with Crippen molar-refractivity contribution in [2.75, 3.05) is 26.9 Å². The number of unbranched alkanes of at least 4 members (excludes halogenated alkanes) is 1. The summed E-state index contributed by atoms with van der Waals surface area (Å²) in [5.41, 5.74) is 3.07. The van der Waals surface area contributed by atoms with Gasteiger partial charge in [0.05, 0.1) is 19.4 Å². The quantitative estimate of drug-likeness (QED) is 0.206. The van der Waals surface area contributed by atoms with E-state index < -0.39 is 0 Å². The lowest BCUT2D eigenvalue weighted by Gasteiger charge is -2.14. The van der Waals surface area contributed by atoms with Gasteiger partial charge in [0.2, 0.25) is 0 Å². The van der Waals surface area contributed by atoms with Crippen molar-refractivity contribution in [1.82, 2.24) is 0 Å². The highest BCUT2D eigenvalue weighted by molar-refractivity contribution is 5.83. The second-order valence-electron chi connectivity index (χ2n) is 6.63. The van der Waals surface area contributed by atoms with E-state index in [1.165, 1.54) is 7.11 Å². The normalized spacial score (nSPS) is 11.2. The van der Waals surface area contributed by atoms with Gasteiger partial charge in [0.15, 0.2) is 0 Å². The molecule has 2 rings (SSSR count). The van der Waals surface area contributed by atoms with Gasteiger partial charge in [-0.3, -0.25) is 0 Å². The van der Waals surface area contributed by atoms with Crippen LogP contribution in [0.4, 0.5) is 0 Å². The zero-order valence-electron chi connectivity index (χ0n) is 17.8. The van der Waals surface area contributed by atoms with Crippen LogP contribution < -0.4 is 14.2 Å². The maximum Gasteiger partial charge on any atom is 0.128 e. The summed E-state index contributed by atoms with van der Waals surface area (Å²) in [7, 11) is 1.52. The Kier molecular flexibility index (Phi) is 9.63. The number of allylic oxidation sites excluding steroid dienone is 1. The van der Waals surface area contributed by atoms with E-state index in [-0.39, 0.29) is 0 Å². The molecule has 2 aromatic rings. The van der Waals surface area contributed by atoms with Crippen LogP contribution in [-0.4, -0.2) is 33.1 Å². The molecule has 156 valence electrons.